The Hall–Kier alpha value is -1.63. The summed E-state index contributed by atoms with van der Waals surface area (Å²) in [5.74, 6) is 0.468. The predicted octanol–water partition coefficient (Wildman–Crippen LogP) is 2.62. The zero-order valence-corrected chi connectivity index (χ0v) is 14.9. The fraction of sp³-hybridized carbons (Fsp3) is 0.438. The number of aryl methyl sites for hydroxylation is 1. The Morgan fingerprint density at radius 3 is 2.79 bits per heavy atom. The molecular weight excluding hydrogens is 349 g/mol. The molecule has 3 rings (SSSR count). The molecule has 1 aliphatic heterocycles. The van der Waals surface area contributed by atoms with Gasteiger partial charge in [0.05, 0.1) is 10.0 Å². The van der Waals surface area contributed by atoms with Crippen molar-refractivity contribution in [3.05, 3.63) is 39.9 Å². The molecule has 2 heterocycles. The van der Waals surface area contributed by atoms with Crippen molar-refractivity contribution in [3.63, 3.8) is 0 Å². The summed E-state index contributed by atoms with van der Waals surface area (Å²) in [4.78, 5) is 16.7. The van der Waals surface area contributed by atoms with Gasteiger partial charge >= 0.3 is 0 Å². The number of halogens is 2. The molecule has 128 valence electrons. The number of carbonyl (C=O) groups is 1. The normalized spacial score (nSPS) is 17.2. The van der Waals surface area contributed by atoms with E-state index in [-0.39, 0.29) is 11.7 Å². The predicted molar refractivity (Wildman–Crippen MR) is 94.1 cm³/mol. The molecule has 24 heavy (non-hydrogen) atoms. The van der Waals surface area contributed by atoms with Crippen LogP contribution in [0.2, 0.25) is 10.0 Å². The molecule has 1 fully saturated rings. The molecule has 8 heteroatoms. The zero-order chi connectivity index (χ0) is 17.1. The maximum absolute atomic E-state index is 12.3. The Morgan fingerprint density at radius 1 is 1.42 bits per heavy atom. The second kappa shape index (κ2) is 7.51. The van der Waals surface area contributed by atoms with Crippen LogP contribution in [-0.4, -0.2) is 39.8 Å². The van der Waals surface area contributed by atoms with Gasteiger partial charge in [0.15, 0.2) is 0 Å². The van der Waals surface area contributed by atoms with Gasteiger partial charge in [-0.05, 0) is 31.5 Å². The lowest BCUT2D eigenvalue weighted by Gasteiger charge is -2.10. The number of amides is 1. The highest BCUT2D eigenvalue weighted by atomic mass is 35.5. The van der Waals surface area contributed by atoms with Crippen molar-refractivity contribution in [1.82, 2.24) is 25.4 Å². The van der Waals surface area contributed by atoms with Crippen LogP contribution in [-0.2, 0) is 6.42 Å². The van der Waals surface area contributed by atoms with Gasteiger partial charge in [-0.25, -0.2) is 9.67 Å². The minimum Gasteiger partial charge on any atom is -0.348 e. The van der Waals surface area contributed by atoms with E-state index in [0.29, 0.717) is 40.6 Å². The Kier molecular flexibility index (Phi) is 5.38. The van der Waals surface area contributed by atoms with Crippen LogP contribution >= 0.6 is 23.2 Å². The van der Waals surface area contributed by atoms with Gasteiger partial charge in [-0.1, -0.05) is 36.2 Å². The molecule has 0 spiro atoms. The third kappa shape index (κ3) is 3.55. The van der Waals surface area contributed by atoms with Crippen molar-refractivity contribution < 1.29 is 4.79 Å². The van der Waals surface area contributed by atoms with Crippen LogP contribution in [0.25, 0.3) is 5.69 Å². The summed E-state index contributed by atoms with van der Waals surface area (Å²) in [7, 11) is 0. The van der Waals surface area contributed by atoms with Crippen molar-refractivity contribution in [2.24, 2.45) is 0 Å². The van der Waals surface area contributed by atoms with Crippen LogP contribution < -0.4 is 10.6 Å². The molecule has 0 bridgehead atoms. The van der Waals surface area contributed by atoms with Gasteiger partial charge < -0.3 is 10.6 Å². The summed E-state index contributed by atoms with van der Waals surface area (Å²) in [6.45, 7) is 3.51. The fourth-order valence-corrected chi connectivity index (χ4v) is 3.32. The number of nitrogens with zero attached hydrogens (tertiary/aromatic N) is 3. The molecule has 1 unspecified atom stereocenters. The summed E-state index contributed by atoms with van der Waals surface area (Å²) in [5.41, 5.74) is 0.543. The first-order valence-electron chi connectivity index (χ1n) is 8.02. The third-order valence-electron chi connectivity index (χ3n) is 4.01. The van der Waals surface area contributed by atoms with Gasteiger partial charge in [0.2, 0.25) is 5.82 Å². The van der Waals surface area contributed by atoms with Gasteiger partial charge in [0.1, 0.15) is 11.5 Å². The SMILES string of the molecule is CCc1nc(C(=O)NCC2CCCN2)nn1-c1c(Cl)cccc1Cl. The average molecular weight is 368 g/mol. The van der Waals surface area contributed by atoms with Crippen LogP contribution in [0.15, 0.2) is 18.2 Å². The summed E-state index contributed by atoms with van der Waals surface area (Å²) in [5, 5.41) is 11.5. The van der Waals surface area contributed by atoms with Crippen molar-refractivity contribution >= 4 is 29.1 Å². The fourth-order valence-electron chi connectivity index (χ4n) is 2.77. The molecule has 2 N–H and O–H groups in total. The first-order valence-corrected chi connectivity index (χ1v) is 8.77. The molecule has 1 saturated heterocycles. The number of hydrogen-bond acceptors (Lipinski definition) is 4. The number of benzene rings is 1. The summed E-state index contributed by atoms with van der Waals surface area (Å²) < 4.78 is 1.55. The highest BCUT2D eigenvalue weighted by Crippen LogP contribution is 2.28. The summed E-state index contributed by atoms with van der Waals surface area (Å²) in [6.07, 6.45) is 2.81. The van der Waals surface area contributed by atoms with E-state index in [2.05, 4.69) is 20.7 Å². The van der Waals surface area contributed by atoms with Crippen molar-refractivity contribution in [3.8, 4) is 5.69 Å². The monoisotopic (exact) mass is 367 g/mol. The molecule has 2 aromatic rings. The Balaban J connectivity index is 1.83. The number of hydrogen-bond donors (Lipinski definition) is 2. The van der Waals surface area contributed by atoms with E-state index >= 15 is 0 Å². The Labute approximate surface area is 150 Å². The molecule has 0 radical (unpaired) electrons. The number of rotatable bonds is 5. The van der Waals surface area contributed by atoms with E-state index in [1.54, 1.807) is 22.9 Å². The molecule has 1 aromatic carbocycles. The first kappa shape index (κ1) is 17.2. The van der Waals surface area contributed by atoms with Crippen LogP contribution in [0.1, 0.15) is 36.2 Å². The first-order chi connectivity index (χ1) is 11.6. The molecule has 0 aliphatic carbocycles. The quantitative estimate of drug-likeness (QED) is 0.851. The molecule has 1 aromatic heterocycles. The Bertz CT molecular complexity index is 720. The minimum atomic E-state index is -0.291. The van der Waals surface area contributed by atoms with Gasteiger partial charge in [-0.15, -0.1) is 5.10 Å². The largest absolute Gasteiger partial charge is 0.348 e. The maximum atomic E-state index is 12.3. The van der Waals surface area contributed by atoms with Crippen LogP contribution in [0.5, 0.6) is 0 Å². The standard InChI is InChI=1S/C16H19Cl2N5O/c1-2-13-21-15(16(24)20-9-10-5-4-8-19-10)22-23(13)14-11(17)6-3-7-12(14)18/h3,6-7,10,19H,2,4-5,8-9H2,1H3,(H,20,24). The molecule has 6 nitrogen and oxygen atoms in total. The lowest BCUT2D eigenvalue weighted by molar-refractivity contribution is 0.0940. The second-order valence-corrected chi connectivity index (χ2v) is 6.50. The number of carbonyl (C=O) groups excluding carboxylic acids is 1. The van der Waals surface area contributed by atoms with Crippen molar-refractivity contribution in [1.29, 1.82) is 0 Å². The Morgan fingerprint density at radius 2 is 2.17 bits per heavy atom. The molecule has 1 aliphatic rings. The maximum Gasteiger partial charge on any atom is 0.291 e. The topological polar surface area (TPSA) is 71.8 Å². The minimum absolute atomic E-state index is 0.126. The van der Waals surface area contributed by atoms with Gasteiger partial charge in [0.25, 0.3) is 5.91 Å². The van der Waals surface area contributed by atoms with E-state index in [4.69, 9.17) is 23.2 Å². The number of nitrogens with one attached hydrogen (secondary N) is 2. The molecule has 0 saturated carbocycles. The molecule has 1 atom stereocenters. The highest BCUT2D eigenvalue weighted by Gasteiger charge is 2.21. The average Bonchev–Trinajstić information content (AvgIpc) is 3.22. The molecular formula is C16H19Cl2N5O. The summed E-state index contributed by atoms with van der Waals surface area (Å²) >= 11 is 12.5. The highest BCUT2D eigenvalue weighted by molar-refractivity contribution is 6.37. The van der Waals surface area contributed by atoms with E-state index in [1.165, 1.54) is 0 Å². The number of para-hydroxylation sites is 1. The van der Waals surface area contributed by atoms with E-state index < -0.39 is 0 Å². The van der Waals surface area contributed by atoms with Gasteiger partial charge in [-0.3, -0.25) is 4.79 Å². The van der Waals surface area contributed by atoms with Crippen molar-refractivity contribution in [2.75, 3.05) is 13.1 Å². The number of aromatic nitrogens is 3. The second-order valence-electron chi connectivity index (χ2n) is 5.69. The van der Waals surface area contributed by atoms with Crippen LogP contribution in [0.4, 0.5) is 0 Å². The van der Waals surface area contributed by atoms with E-state index in [9.17, 15) is 4.79 Å². The van der Waals surface area contributed by atoms with E-state index in [1.807, 2.05) is 6.92 Å². The van der Waals surface area contributed by atoms with Crippen molar-refractivity contribution in [2.45, 2.75) is 32.2 Å². The van der Waals surface area contributed by atoms with E-state index in [0.717, 1.165) is 19.4 Å². The lowest BCUT2D eigenvalue weighted by Crippen LogP contribution is -2.37. The van der Waals surface area contributed by atoms with Crippen LogP contribution in [0.3, 0.4) is 0 Å². The smallest absolute Gasteiger partial charge is 0.291 e. The van der Waals surface area contributed by atoms with Gasteiger partial charge in [0, 0.05) is 19.0 Å². The lowest BCUT2D eigenvalue weighted by atomic mass is 10.2. The third-order valence-corrected chi connectivity index (χ3v) is 4.62. The van der Waals surface area contributed by atoms with Gasteiger partial charge in [-0.2, -0.15) is 0 Å². The summed E-state index contributed by atoms with van der Waals surface area (Å²) in [6, 6.07) is 5.55. The zero-order valence-electron chi connectivity index (χ0n) is 13.4. The van der Waals surface area contributed by atoms with Crippen LogP contribution in [0, 0.1) is 0 Å². The molecule has 1 amide bonds.